The first kappa shape index (κ1) is 15.4. The fraction of sp³-hybridized carbons (Fsp3) is 0.100. The average molecular weight is 331 g/mol. The van der Waals surface area contributed by atoms with E-state index in [9.17, 15) is 4.79 Å². The molecule has 2 aromatic heterocycles. The van der Waals surface area contributed by atoms with Gasteiger partial charge in [0.15, 0.2) is 0 Å². The van der Waals surface area contributed by atoms with Gasteiger partial charge in [-0.25, -0.2) is 5.48 Å². The summed E-state index contributed by atoms with van der Waals surface area (Å²) in [6, 6.07) is 20.4. The summed E-state index contributed by atoms with van der Waals surface area (Å²) in [5, 5.41) is 10.9. The van der Waals surface area contributed by atoms with E-state index < -0.39 is 5.91 Å². The molecule has 5 heteroatoms. The minimum Gasteiger partial charge on any atom is -0.335 e. The van der Waals surface area contributed by atoms with Crippen LogP contribution in [0.5, 0.6) is 0 Å². The van der Waals surface area contributed by atoms with Gasteiger partial charge in [0.2, 0.25) is 5.91 Å². The molecule has 0 radical (unpaired) electrons. The third kappa shape index (κ3) is 2.86. The van der Waals surface area contributed by atoms with Gasteiger partial charge in [0.1, 0.15) is 0 Å². The highest BCUT2D eigenvalue weighted by atomic mass is 16.5. The minimum absolute atomic E-state index is 0.0463. The molecule has 25 heavy (non-hydrogen) atoms. The van der Waals surface area contributed by atoms with Crippen LogP contribution in [0.25, 0.3) is 21.8 Å². The number of fused-ring (bicyclic) bond motifs is 3. The van der Waals surface area contributed by atoms with Crippen molar-refractivity contribution in [3.8, 4) is 0 Å². The van der Waals surface area contributed by atoms with Crippen LogP contribution in [0.1, 0.15) is 11.3 Å². The molecule has 0 saturated heterocycles. The molecule has 2 aromatic carbocycles. The van der Waals surface area contributed by atoms with Crippen LogP contribution in [-0.4, -0.2) is 20.7 Å². The van der Waals surface area contributed by atoms with Gasteiger partial charge in [-0.3, -0.25) is 15.0 Å². The van der Waals surface area contributed by atoms with E-state index in [1.54, 1.807) is 11.7 Å². The number of amides is 1. The summed E-state index contributed by atoms with van der Waals surface area (Å²) in [6.45, 7) is 0.753. The van der Waals surface area contributed by atoms with Gasteiger partial charge in [0.25, 0.3) is 0 Å². The molecule has 1 amide bonds. The Hall–Kier alpha value is -3.18. The monoisotopic (exact) mass is 331 g/mol. The van der Waals surface area contributed by atoms with Gasteiger partial charge in [-0.1, -0.05) is 48.5 Å². The molecule has 0 aliphatic rings. The Labute approximate surface area is 144 Å². The van der Waals surface area contributed by atoms with Gasteiger partial charge < -0.3 is 4.57 Å². The van der Waals surface area contributed by atoms with Gasteiger partial charge in [0, 0.05) is 22.8 Å². The summed E-state index contributed by atoms with van der Waals surface area (Å²) in [5.74, 6) is -0.472. The van der Waals surface area contributed by atoms with E-state index in [1.807, 2.05) is 36.4 Å². The van der Waals surface area contributed by atoms with E-state index in [2.05, 4.69) is 33.8 Å². The second kappa shape index (κ2) is 6.37. The molecule has 2 N–H and O–H groups in total. The van der Waals surface area contributed by atoms with E-state index in [0.29, 0.717) is 5.69 Å². The van der Waals surface area contributed by atoms with Crippen LogP contribution in [0, 0.1) is 0 Å². The van der Waals surface area contributed by atoms with Crippen LogP contribution >= 0.6 is 0 Å². The van der Waals surface area contributed by atoms with Gasteiger partial charge in [0.05, 0.1) is 23.8 Å². The predicted octanol–water partition coefficient (Wildman–Crippen LogP) is 3.29. The summed E-state index contributed by atoms with van der Waals surface area (Å²) < 4.78 is 2.24. The van der Waals surface area contributed by atoms with E-state index >= 15 is 0 Å². The molecule has 4 rings (SSSR count). The second-order valence-electron chi connectivity index (χ2n) is 5.99. The molecule has 0 unspecified atom stereocenters. The Morgan fingerprint density at radius 2 is 1.76 bits per heavy atom. The summed E-state index contributed by atoms with van der Waals surface area (Å²) in [7, 11) is 0. The predicted molar refractivity (Wildman–Crippen MR) is 96.4 cm³/mol. The number of hydrogen-bond acceptors (Lipinski definition) is 3. The quantitative estimate of drug-likeness (QED) is 0.445. The van der Waals surface area contributed by atoms with Crippen molar-refractivity contribution < 1.29 is 10.0 Å². The SMILES string of the molecule is O=C(Cc1cc2c3ccccc3n(Cc3ccccc3)c2cn1)NO. The molecule has 0 atom stereocenters. The van der Waals surface area contributed by atoms with Gasteiger partial charge in [-0.15, -0.1) is 0 Å². The normalized spacial score (nSPS) is 11.1. The Bertz CT molecular complexity index is 1050. The second-order valence-corrected chi connectivity index (χ2v) is 5.99. The molecule has 2 heterocycles. The largest absolute Gasteiger partial charge is 0.335 e. The number of benzene rings is 2. The van der Waals surface area contributed by atoms with E-state index in [-0.39, 0.29) is 6.42 Å². The van der Waals surface area contributed by atoms with Crippen LogP contribution in [0.4, 0.5) is 0 Å². The van der Waals surface area contributed by atoms with Crippen molar-refractivity contribution in [2.24, 2.45) is 0 Å². The van der Waals surface area contributed by atoms with Gasteiger partial charge in [-0.05, 0) is 17.7 Å². The molecular formula is C20H17N3O2. The number of carbonyl (C=O) groups excluding carboxylic acids is 1. The topological polar surface area (TPSA) is 67.2 Å². The number of nitrogens with one attached hydrogen (secondary N) is 1. The smallest absolute Gasteiger partial charge is 0.249 e. The average Bonchev–Trinajstić information content (AvgIpc) is 2.96. The third-order valence-electron chi connectivity index (χ3n) is 4.37. The van der Waals surface area contributed by atoms with Crippen LogP contribution in [0.3, 0.4) is 0 Å². The van der Waals surface area contributed by atoms with Crippen molar-refractivity contribution >= 4 is 27.7 Å². The van der Waals surface area contributed by atoms with Crippen molar-refractivity contribution in [1.29, 1.82) is 0 Å². The maximum Gasteiger partial charge on any atom is 0.249 e. The third-order valence-corrected chi connectivity index (χ3v) is 4.37. The molecule has 0 saturated carbocycles. The van der Waals surface area contributed by atoms with Crippen molar-refractivity contribution in [3.63, 3.8) is 0 Å². The van der Waals surface area contributed by atoms with Crippen molar-refractivity contribution in [2.75, 3.05) is 0 Å². The summed E-state index contributed by atoms with van der Waals surface area (Å²) in [5.41, 5.74) is 5.65. The lowest BCUT2D eigenvalue weighted by Gasteiger charge is -2.07. The molecular weight excluding hydrogens is 314 g/mol. The van der Waals surface area contributed by atoms with Crippen LogP contribution in [0.15, 0.2) is 66.9 Å². The maximum atomic E-state index is 11.4. The number of aromatic nitrogens is 2. The molecule has 0 aliphatic heterocycles. The first-order valence-electron chi connectivity index (χ1n) is 8.09. The zero-order chi connectivity index (χ0) is 17.2. The number of rotatable bonds is 4. The lowest BCUT2D eigenvalue weighted by molar-refractivity contribution is -0.128. The maximum absolute atomic E-state index is 11.4. The van der Waals surface area contributed by atoms with Gasteiger partial charge in [-0.2, -0.15) is 0 Å². The summed E-state index contributed by atoms with van der Waals surface area (Å²) in [4.78, 5) is 15.8. The first-order chi connectivity index (χ1) is 12.3. The number of hydrogen-bond donors (Lipinski definition) is 2. The van der Waals surface area contributed by atoms with Crippen molar-refractivity contribution in [2.45, 2.75) is 13.0 Å². The molecule has 4 aromatic rings. The van der Waals surface area contributed by atoms with Gasteiger partial charge >= 0.3 is 0 Å². The van der Waals surface area contributed by atoms with E-state index in [4.69, 9.17) is 5.21 Å². The Morgan fingerprint density at radius 1 is 1.00 bits per heavy atom. The number of hydroxylamine groups is 1. The molecule has 5 nitrogen and oxygen atoms in total. The van der Waals surface area contributed by atoms with Crippen LogP contribution in [-0.2, 0) is 17.8 Å². The zero-order valence-corrected chi connectivity index (χ0v) is 13.5. The number of carbonyl (C=O) groups is 1. The fourth-order valence-corrected chi connectivity index (χ4v) is 3.23. The molecule has 0 aliphatic carbocycles. The summed E-state index contributed by atoms with van der Waals surface area (Å²) >= 11 is 0. The Kier molecular flexibility index (Phi) is 3.91. The lowest BCUT2D eigenvalue weighted by atomic mass is 10.1. The molecule has 0 spiro atoms. The number of pyridine rings is 1. The standard InChI is InChI=1S/C20H17N3O2/c24-20(22-25)11-15-10-17-16-8-4-5-9-18(16)23(19(17)12-21-15)13-14-6-2-1-3-7-14/h1-10,12,25H,11,13H2,(H,22,24). The Morgan fingerprint density at radius 3 is 2.56 bits per heavy atom. The fourth-order valence-electron chi connectivity index (χ4n) is 3.23. The van der Waals surface area contributed by atoms with E-state index in [1.165, 1.54) is 5.56 Å². The van der Waals surface area contributed by atoms with E-state index in [0.717, 1.165) is 28.4 Å². The summed E-state index contributed by atoms with van der Waals surface area (Å²) in [6.07, 6.45) is 1.85. The highest BCUT2D eigenvalue weighted by Crippen LogP contribution is 2.29. The molecule has 0 fully saturated rings. The minimum atomic E-state index is -0.472. The number of para-hydroxylation sites is 1. The van der Waals surface area contributed by atoms with Crippen LogP contribution in [0.2, 0.25) is 0 Å². The molecule has 0 bridgehead atoms. The first-order valence-corrected chi connectivity index (χ1v) is 8.09. The van der Waals surface area contributed by atoms with Crippen molar-refractivity contribution in [3.05, 3.63) is 78.1 Å². The zero-order valence-electron chi connectivity index (χ0n) is 13.5. The highest BCUT2D eigenvalue weighted by Gasteiger charge is 2.13. The lowest BCUT2D eigenvalue weighted by Crippen LogP contribution is -2.21. The van der Waals surface area contributed by atoms with Crippen LogP contribution < -0.4 is 5.48 Å². The van der Waals surface area contributed by atoms with Crippen molar-refractivity contribution in [1.82, 2.24) is 15.0 Å². The highest BCUT2D eigenvalue weighted by molar-refractivity contribution is 6.08. The number of nitrogens with zero attached hydrogens (tertiary/aromatic N) is 2. The Balaban J connectivity index is 1.87. The molecule has 124 valence electrons.